The molecule has 1 aromatic carbocycles. The number of ether oxygens (including phenoxy) is 1. The predicted molar refractivity (Wildman–Crippen MR) is 63.2 cm³/mol. The van der Waals surface area contributed by atoms with Crippen LogP contribution in [0, 0.1) is 5.92 Å². The van der Waals surface area contributed by atoms with Crippen molar-refractivity contribution in [3.8, 4) is 5.75 Å². The van der Waals surface area contributed by atoms with Crippen LogP contribution in [-0.2, 0) is 0 Å². The minimum atomic E-state index is 0.603. The lowest BCUT2D eigenvalue weighted by atomic mass is 9.82. The van der Waals surface area contributed by atoms with Crippen LogP contribution >= 0.6 is 0 Å². The fourth-order valence-electron chi connectivity index (χ4n) is 2.08. The second-order valence-corrected chi connectivity index (χ2v) is 4.41. The third-order valence-corrected chi connectivity index (χ3v) is 2.91. The first-order valence-electron chi connectivity index (χ1n) is 5.38. The van der Waals surface area contributed by atoms with Gasteiger partial charge >= 0.3 is 0 Å². The summed E-state index contributed by atoms with van der Waals surface area (Å²) in [5, 5.41) is 3.46. The quantitative estimate of drug-likeness (QED) is 0.747. The topological polar surface area (TPSA) is 47.3 Å². The Kier molecular flexibility index (Phi) is 2.71. The maximum Gasteiger partial charge on any atom is 0.122 e. The lowest BCUT2D eigenvalue weighted by molar-refractivity contribution is 0.309. The molecule has 0 radical (unpaired) electrons. The number of benzene rings is 1. The Morgan fingerprint density at radius 2 is 2.07 bits per heavy atom. The van der Waals surface area contributed by atoms with Gasteiger partial charge in [-0.2, -0.15) is 0 Å². The average molecular weight is 206 g/mol. The molecule has 0 aromatic heterocycles. The normalized spacial score (nSPS) is 24.4. The average Bonchev–Trinajstić information content (AvgIpc) is 2.14. The molecule has 1 aliphatic rings. The van der Waals surface area contributed by atoms with Crippen molar-refractivity contribution in [1.82, 2.24) is 0 Å². The molecule has 3 heteroatoms. The summed E-state index contributed by atoms with van der Waals surface area (Å²) in [6.07, 6.45) is 2.49. The Bertz CT molecular complexity index is 345. The van der Waals surface area contributed by atoms with Crippen molar-refractivity contribution in [1.29, 1.82) is 0 Å². The Balaban J connectivity index is 2.04. The number of hydrogen-bond donors (Lipinski definition) is 2. The van der Waals surface area contributed by atoms with E-state index in [2.05, 4.69) is 12.2 Å². The van der Waals surface area contributed by atoms with Crippen LogP contribution in [0.25, 0.3) is 0 Å². The highest BCUT2D eigenvalue weighted by atomic mass is 16.5. The Labute approximate surface area is 90.6 Å². The van der Waals surface area contributed by atoms with Gasteiger partial charge in [-0.1, -0.05) is 6.92 Å². The highest BCUT2D eigenvalue weighted by Crippen LogP contribution is 2.31. The molecule has 0 aliphatic heterocycles. The highest BCUT2D eigenvalue weighted by Gasteiger charge is 2.24. The SMILES string of the molecule is COc1cc(N)cc(NC2CC(C)C2)c1. The van der Waals surface area contributed by atoms with Gasteiger partial charge in [0.25, 0.3) is 0 Å². The van der Waals surface area contributed by atoms with Crippen LogP contribution < -0.4 is 15.8 Å². The van der Waals surface area contributed by atoms with Gasteiger partial charge in [-0.3, -0.25) is 0 Å². The van der Waals surface area contributed by atoms with Crippen molar-refractivity contribution in [3.05, 3.63) is 18.2 Å². The maximum atomic E-state index is 5.78. The molecule has 1 aliphatic carbocycles. The molecule has 0 bridgehead atoms. The molecular weight excluding hydrogens is 188 g/mol. The van der Waals surface area contributed by atoms with Gasteiger partial charge in [-0.05, 0) is 24.8 Å². The summed E-state index contributed by atoms with van der Waals surface area (Å²) in [6, 6.07) is 6.37. The molecule has 1 saturated carbocycles. The van der Waals surface area contributed by atoms with Crippen molar-refractivity contribution in [2.24, 2.45) is 5.92 Å². The number of hydrogen-bond acceptors (Lipinski definition) is 3. The molecule has 0 unspecified atom stereocenters. The van der Waals surface area contributed by atoms with E-state index in [1.54, 1.807) is 7.11 Å². The van der Waals surface area contributed by atoms with Crippen molar-refractivity contribution in [2.75, 3.05) is 18.2 Å². The summed E-state index contributed by atoms with van der Waals surface area (Å²) in [5.41, 5.74) is 7.58. The largest absolute Gasteiger partial charge is 0.497 e. The number of nitrogens with two attached hydrogens (primary N) is 1. The second-order valence-electron chi connectivity index (χ2n) is 4.41. The van der Waals surface area contributed by atoms with Crippen LogP contribution in [0.4, 0.5) is 11.4 Å². The first kappa shape index (κ1) is 10.1. The fraction of sp³-hybridized carbons (Fsp3) is 0.500. The summed E-state index contributed by atoms with van der Waals surface area (Å²) in [4.78, 5) is 0. The molecular formula is C12H18N2O. The molecule has 3 N–H and O–H groups in total. The summed E-state index contributed by atoms with van der Waals surface area (Å²) in [6.45, 7) is 2.28. The van der Waals surface area contributed by atoms with E-state index >= 15 is 0 Å². The Morgan fingerprint density at radius 3 is 2.67 bits per heavy atom. The van der Waals surface area contributed by atoms with E-state index in [0.717, 1.165) is 23.0 Å². The number of nitrogen functional groups attached to an aromatic ring is 1. The van der Waals surface area contributed by atoms with Gasteiger partial charge in [0, 0.05) is 29.5 Å². The summed E-state index contributed by atoms with van der Waals surface area (Å²) in [7, 11) is 1.66. The van der Waals surface area contributed by atoms with Gasteiger partial charge in [-0.25, -0.2) is 0 Å². The molecule has 0 heterocycles. The van der Waals surface area contributed by atoms with Gasteiger partial charge in [0.05, 0.1) is 7.11 Å². The Morgan fingerprint density at radius 1 is 1.33 bits per heavy atom. The van der Waals surface area contributed by atoms with Gasteiger partial charge in [0.2, 0.25) is 0 Å². The molecule has 0 atom stereocenters. The van der Waals surface area contributed by atoms with Crippen LogP contribution in [0.2, 0.25) is 0 Å². The van der Waals surface area contributed by atoms with Gasteiger partial charge < -0.3 is 15.8 Å². The standard InChI is InChI=1S/C12H18N2O/c1-8-3-10(4-8)14-11-5-9(13)6-12(7-11)15-2/h5-8,10,14H,3-4,13H2,1-2H3. The molecule has 3 nitrogen and oxygen atoms in total. The van der Waals surface area contributed by atoms with Crippen LogP contribution in [0.5, 0.6) is 5.75 Å². The van der Waals surface area contributed by atoms with E-state index in [9.17, 15) is 0 Å². The Hall–Kier alpha value is -1.38. The minimum absolute atomic E-state index is 0.603. The molecule has 2 rings (SSSR count). The third-order valence-electron chi connectivity index (χ3n) is 2.91. The van der Waals surface area contributed by atoms with E-state index in [1.165, 1.54) is 12.8 Å². The molecule has 15 heavy (non-hydrogen) atoms. The van der Waals surface area contributed by atoms with E-state index < -0.39 is 0 Å². The molecule has 1 fully saturated rings. The first-order chi connectivity index (χ1) is 7.17. The fourth-order valence-corrected chi connectivity index (χ4v) is 2.08. The lowest BCUT2D eigenvalue weighted by Crippen LogP contribution is -2.33. The summed E-state index contributed by atoms with van der Waals surface area (Å²) < 4.78 is 5.17. The highest BCUT2D eigenvalue weighted by molar-refractivity contribution is 5.59. The maximum absolute atomic E-state index is 5.78. The predicted octanol–water partition coefficient (Wildman–Crippen LogP) is 2.49. The first-order valence-corrected chi connectivity index (χ1v) is 5.38. The van der Waals surface area contributed by atoms with E-state index in [4.69, 9.17) is 10.5 Å². The number of nitrogens with one attached hydrogen (secondary N) is 1. The van der Waals surface area contributed by atoms with E-state index in [1.807, 2.05) is 18.2 Å². The van der Waals surface area contributed by atoms with Crippen LogP contribution in [0.15, 0.2) is 18.2 Å². The van der Waals surface area contributed by atoms with Crippen LogP contribution in [-0.4, -0.2) is 13.2 Å². The van der Waals surface area contributed by atoms with E-state index in [0.29, 0.717) is 6.04 Å². The number of methoxy groups -OCH3 is 1. The molecule has 1 aromatic rings. The second kappa shape index (κ2) is 4.01. The molecule has 0 amide bonds. The lowest BCUT2D eigenvalue weighted by Gasteiger charge is -2.34. The minimum Gasteiger partial charge on any atom is -0.497 e. The van der Waals surface area contributed by atoms with Gasteiger partial charge in [0.15, 0.2) is 0 Å². The molecule has 82 valence electrons. The van der Waals surface area contributed by atoms with Crippen LogP contribution in [0.3, 0.4) is 0 Å². The van der Waals surface area contributed by atoms with Crippen molar-refractivity contribution < 1.29 is 4.74 Å². The zero-order chi connectivity index (χ0) is 10.8. The molecule has 0 spiro atoms. The zero-order valence-electron chi connectivity index (χ0n) is 9.29. The monoisotopic (exact) mass is 206 g/mol. The number of rotatable bonds is 3. The number of anilines is 2. The van der Waals surface area contributed by atoms with Gasteiger partial charge in [0.1, 0.15) is 5.75 Å². The van der Waals surface area contributed by atoms with Crippen molar-refractivity contribution >= 4 is 11.4 Å². The summed E-state index contributed by atoms with van der Waals surface area (Å²) >= 11 is 0. The molecule has 0 saturated heterocycles. The third kappa shape index (κ3) is 2.35. The van der Waals surface area contributed by atoms with Gasteiger partial charge in [-0.15, -0.1) is 0 Å². The van der Waals surface area contributed by atoms with Crippen LogP contribution in [0.1, 0.15) is 19.8 Å². The van der Waals surface area contributed by atoms with Crippen molar-refractivity contribution in [3.63, 3.8) is 0 Å². The smallest absolute Gasteiger partial charge is 0.122 e. The zero-order valence-corrected chi connectivity index (χ0v) is 9.29. The summed E-state index contributed by atoms with van der Waals surface area (Å²) in [5.74, 6) is 1.66. The van der Waals surface area contributed by atoms with Crippen molar-refractivity contribution in [2.45, 2.75) is 25.8 Å². The van der Waals surface area contributed by atoms with E-state index in [-0.39, 0.29) is 0 Å².